The van der Waals surface area contributed by atoms with Crippen molar-refractivity contribution in [2.75, 3.05) is 14.1 Å². The lowest BCUT2D eigenvalue weighted by Crippen LogP contribution is -2.24. The van der Waals surface area contributed by atoms with Crippen LogP contribution in [0.3, 0.4) is 0 Å². The van der Waals surface area contributed by atoms with E-state index >= 15 is 0 Å². The van der Waals surface area contributed by atoms with E-state index in [1.807, 2.05) is 61.5 Å². The maximum atomic E-state index is 12.7. The van der Waals surface area contributed by atoms with Crippen molar-refractivity contribution in [3.63, 3.8) is 0 Å². The van der Waals surface area contributed by atoms with Crippen LogP contribution >= 0.6 is 0 Å². The first-order valence-electron chi connectivity index (χ1n) is 8.54. The van der Waals surface area contributed by atoms with Gasteiger partial charge in [0.15, 0.2) is 0 Å². The first kappa shape index (κ1) is 17.7. The summed E-state index contributed by atoms with van der Waals surface area (Å²) in [7, 11) is 3.45. The second-order valence-electron chi connectivity index (χ2n) is 6.54. The molecule has 0 spiro atoms. The number of nitrogens with zero attached hydrogens (tertiary/aromatic N) is 2. The summed E-state index contributed by atoms with van der Waals surface area (Å²) in [6, 6.07) is 20.9. The van der Waals surface area contributed by atoms with Gasteiger partial charge in [-0.2, -0.15) is 0 Å². The highest BCUT2D eigenvalue weighted by Crippen LogP contribution is 2.24. The van der Waals surface area contributed by atoms with E-state index in [9.17, 15) is 9.59 Å². The maximum absolute atomic E-state index is 12.7. The van der Waals surface area contributed by atoms with Gasteiger partial charge in [0.05, 0.1) is 6.54 Å². The van der Waals surface area contributed by atoms with Crippen molar-refractivity contribution in [2.24, 2.45) is 0 Å². The van der Waals surface area contributed by atoms with E-state index in [0.29, 0.717) is 12.1 Å². The Hall–Kier alpha value is -3.14. The third-order valence-corrected chi connectivity index (χ3v) is 4.39. The molecule has 1 aromatic heterocycles. The van der Waals surface area contributed by atoms with Gasteiger partial charge in [-0.1, -0.05) is 48.5 Å². The van der Waals surface area contributed by atoms with E-state index < -0.39 is 0 Å². The van der Waals surface area contributed by atoms with Gasteiger partial charge in [0.1, 0.15) is 0 Å². The SMILES string of the molecule is Cc1cc(-c2ccccc2C(=O)N(C)C)cc(=O)n1Cc1ccccc1. The lowest BCUT2D eigenvalue weighted by atomic mass is 9.99. The highest BCUT2D eigenvalue weighted by molar-refractivity contribution is 6.00. The lowest BCUT2D eigenvalue weighted by Gasteiger charge is -2.16. The lowest BCUT2D eigenvalue weighted by molar-refractivity contribution is 0.0828. The zero-order chi connectivity index (χ0) is 18.7. The molecule has 2 aromatic carbocycles. The minimum atomic E-state index is -0.0771. The number of benzene rings is 2. The monoisotopic (exact) mass is 346 g/mol. The quantitative estimate of drug-likeness (QED) is 0.725. The number of hydrogen-bond donors (Lipinski definition) is 0. The van der Waals surface area contributed by atoms with Crippen LogP contribution in [0.25, 0.3) is 11.1 Å². The third-order valence-electron chi connectivity index (χ3n) is 4.39. The second-order valence-corrected chi connectivity index (χ2v) is 6.54. The molecular weight excluding hydrogens is 324 g/mol. The van der Waals surface area contributed by atoms with Crippen LogP contribution in [-0.2, 0) is 6.54 Å². The van der Waals surface area contributed by atoms with Crippen molar-refractivity contribution in [1.29, 1.82) is 0 Å². The number of aromatic nitrogens is 1. The maximum Gasteiger partial charge on any atom is 0.253 e. The summed E-state index contributed by atoms with van der Waals surface area (Å²) in [5, 5.41) is 0. The summed E-state index contributed by atoms with van der Waals surface area (Å²) in [4.78, 5) is 26.7. The average Bonchev–Trinajstić information content (AvgIpc) is 2.64. The van der Waals surface area contributed by atoms with Crippen LogP contribution in [0.1, 0.15) is 21.6 Å². The Bertz CT molecular complexity index is 989. The Kier molecular flexibility index (Phi) is 5.03. The number of pyridine rings is 1. The van der Waals surface area contributed by atoms with Crippen LogP contribution in [0.5, 0.6) is 0 Å². The van der Waals surface area contributed by atoms with Crippen molar-refractivity contribution in [2.45, 2.75) is 13.5 Å². The fourth-order valence-electron chi connectivity index (χ4n) is 3.02. The first-order valence-corrected chi connectivity index (χ1v) is 8.54. The summed E-state index contributed by atoms with van der Waals surface area (Å²) < 4.78 is 1.75. The number of carbonyl (C=O) groups is 1. The second kappa shape index (κ2) is 7.40. The molecule has 0 fully saturated rings. The molecule has 0 N–H and O–H groups in total. The van der Waals surface area contributed by atoms with E-state index in [-0.39, 0.29) is 11.5 Å². The average molecular weight is 346 g/mol. The molecule has 0 radical (unpaired) electrons. The molecule has 4 heteroatoms. The van der Waals surface area contributed by atoms with E-state index in [4.69, 9.17) is 0 Å². The Labute approximate surface area is 153 Å². The van der Waals surface area contributed by atoms with E-state index in [0.717, 1.165) is 22.4 Å². The van der Waals surface area contributed by atoms with Crippen molar-refractivity contribution in [1.82, 2.24) is 9.47 Å². The van der Waals surface area contributed by atoms with E-state index in [2.05, 4.69) is 0 Å². The van der Waals surface area contributed by atoms with E-state index in [1.54, 1.807) is 35.7 Å². The normalized spacial score (nSPS) is 10.6. The van der Waals surface area contributed by atoms with Gasteiger partial charge < -0.3 is 9.47 Å². The minimum Gasteiger partial charge on any atom is -0.345 e. The zero-order valence-electron chi connectivity index (χ0n) is 15.3. The van der Waals surface area contributed by atoms with Gasteiger partial charge in [0.2, 0.25) is 0 Å². The Morgan fingerprint density at radius 2 is 1.62 bits per heavy atom. The molecule has 0 saturated carbocycles. The van der Waals surface area contributed by atoms with Gasteiger partial charge in [-0.05, 0) is 35.7 Å². The Morgan fingerprint density at radius 1 is 0.962 bits per heavy atom. The molecule has 3 aromatic rings. The van der Waals surface area contributed by atoms with E-state index in [1.165, 1.54) is 0 Å². The molecule has 0 unspecified atom stereocenters. The molecule has 0 atom stereocenters. The predicted octanol–water partition coefficient (Wildman–Crippen LogP) is 3.57. The molecule has 3 rings (SSSR count). The van der Waals surface area contributed by atoms with Gasteiger partial charge in [0.25, 0.3) is 11.5 Å². The van der Waals surface area contributed by atoms with Gasteiger partial charge in [0, 0.05) is 31.4 Å². The Balaban J connectivity index is 2.04. The molecule has 0 aliphatic carbocycles. The number of carbonyl (C=O) groups excluding carboxylic acids is 1. The minimum absolute atomic E-state index is 0.0732. The smallest absolute Gasteiger partial charge is 0.253 e. The van der Waals surface area contributed by atoms with Crippen molar-refractivity contribution < 1.29 is 4.79 Å². The molecule has 0 aliphatic heterocycles. The van der Waals surface area contributed by atoms with Gasteiger partial charge >= 0.3 is 0 Å². The molecule has 0 bridgehead atoms. The highest BCUT2D eigenvalue weighted by atomic mass is 16.2. The zero-order valence-corrected chi connectivity index (χ0v) is 15.3. The van der Waals surface area contributed by atoms with Crippen LogP contribution in [0.15, 0.2) is 71.5 Å². The molecule has 1 heterocycles. The standard InChI is InChI=1S/C22H22N2O2/c1-16-13-18(19-11-7-8-12-20(19)22(26)23(2)3)14-21(25)24(16)15-17-9-5-4-6-10-17/h4-14H,15H2,1-3H3. The topological polar surface area (TPSA) is 42.3 Å². The number of aryl methyl sites for hydroxylation is 1. The summed E-state index contributed by atoms with van der Waals surface area (Å²) in [6.07, 6.45) is 0. The summed E-state index contributed by atoms with van der Waals surface area (Å²) >= 11 is 0. The molecule has 26 heavy (non-hydrogen) atoms. The largest absolute Gasteiger partial charge is 0.345 e. The molecule has 132 valence electrons. The number of rotatable bonds is 4. The van der Waals surface area contributed by atoms with Gasteiger partial charge in [-0.3, -0.25) is 9.59 Å². The molecule has 1 amide bonds. The highest BCUT2D eigenvalue weighted by Gasteiger charge is 2.15. The van der Waals surface area contributed by atoms with Crippen LogP contribution in [0.2, 0.25) is 0 Å². The number of hydrogen-bond acceptors (Lipinski definition) is 2. The van der Waals surface area contributed by atoms with Crippen LogP contribution in [0.4, 0.5) is 0 Å². The van der Waals surface area contributed by atoms with Crippen LogP contribution < -0.4 is 5.56 Å². The molecule has 0 saturated heterocycles. The molecule has 0 aliphatic rings. The summed E-state index contributed by atoms with van der Waals surface area (Å²) in [5.74, 6) is -0.0771. The van der Waals surface area contributed by atoms with Gasteiger partial charge in [-0.15, -0.1) is 0 Å². The van der Waals surface area contributed by atoms with Crippen LogP contribution in [-0.4, -0.2) is 29.5 Å². The van der Waals surface area contributed by atoms with Crippen molar-refractivity contribution in [3.8, 4) is 11.1 Å². The Morgan fingerprint density at radius 3 is 2.27 bits per heavy atom. The fourth-order valence-corrected chi connectivity index (χ4v) is 3.02. The van der Waals surface area contributed by atoms with Crippen molar-refractivity contribution in [3.05, 3.63) is 93.9 Å². The van der Waals surface area contributed by atoms with Gasteiger partial charge in [-0.25, -0.2) is 0 Å². The summed E-state index contributed by atoms with van der Waals surface area (Å²) in [5.41, 5.74) is 4.01. The molecular formula is C22H22N2O2. The summed E-state index contributed by atoms with van der Waals surface area (Å²) in [6.45, 7) is 2.45. The fraction of sp³-hybridized carbons (Fsp3) is 0.182. The predicted molar refractivity (Wildman–Crippen MR) is 104 cm³/mol. The molecule has 4 nitrogen and oxygen atoms in total. The third kappa shape index (κ3) is 3.59. The first-order chi connectivity index (χ1) is 12.5. The number of amides is 1. The van der Waals surface area contributed by atoms with Crippen molar-refractivity contribution >= 4 is 5.91 Å². The van der Waals surface area contributed by atoms with Crippen LogP contribution in [0, 0.1) is 6.92 Å².